The predicted molar refractivity (Wildman–Crippen MR) is 110 cm³/mol. The second-order valence-electron chi connectivity index (χ2n) is 5.81. The summed E-state index contributed by atoms with van der Waals surface area (Å²) in [5, 5.41) is 9.09. The molecule has 0 unspecified atom stereocenters. The molecule has 0 N–H and O–H groups in total. The fourth-order valence-corrected chi connectivity index (χ4v) is 3.42. The number of hydrogen-bond donors (Lipinski definition) is 0. The number of anilines is 1. The molecule has 0 aliphatic rings. The molecule has 27 heavy (non-hydrogen) atoms. The Kier molecular flexibility index (Phi) is 6.53. The van der Waals surface area contributed by atoms with Crippen molar-refractivity contribution in [3.63, 3.8) is 0 Å². The predicted octanol–water partition coefficient (Wildman–Crippen LogP) is 5.21. The largest absolute Gasteiger partial charge is 0.411 e. The van der Waals surface area contributed by atoms with E-state index in [-0.39, 0.29) is 11.5 Å². The second kappa shape index (κ2) is 9.06. The van der Waals surface area contributed by atoms with E-state index in [1.165, 1.54) is 11.8 Å². The summed E-state index contributed by atoms with van der Waals surface area (Å²) < 4.78 is 5.68. The van der Waals surface area contributed by atoms with Crippen LogP contribution in [-0.4, -0.2) is 34.8 Å². The molecule has 3 aromatic rings. The summed E-state index contributed by atoms with van der Waals surface area (Å²) in [6.45, 7) is 6.17. The highest BCUT2D eigenvalue weighted by Gasteiger charge is 2.13. The normalized spacial score (nSPS) is 10.8. The fourth-order valence-electron chi connectivity index (χ4n) is 2.63. The van der Waals surface area contributed by atoms with Crippen LogP contribution in [0.3, 0.4) is 0 Å². The molecule has 0 aliphatic heterocycles. The van der Waals surface area contributed by atoms with E-state index in [9.17, 15) is 4.79 Å². The molecule has 0 bridgehead atoms. The van der Waals surface area contributed by atoms with Crippen molar-refractivity contribution < 1.29 is 9.21 Å². The summed E-state index contributed by atoms with van der Waals surface area (Å²) in [6.07, 6.45) is 0. The molecule has 0 atom stereocenters. The Morgan fingerprint density at radius 2 is 1.70 bits per heavy atom. The van der Waals surface area contributed by atoms with Gasteiger partial charge in [0.25, 0.3) is 5.22 Å². The van der Waals surface area contributed by atoms with Gasteiger partial charge in [-0.3, -0.25) is 4.79 Å². The lowest BCUT2D eigenvalue weighted by molar-refractivity contribution is 0.102. The van der Waals surface area contributed by atoms with E-state index in [4.69, 9.17) is 16.0 Å². The van der Waals surface area contributed by atoms with E-state index in [1.54, 1.807) is 24.3 Å². The van der Waals surface area contributed by atoms with E-state index in [1.807, 2.05) is 24.3 Å². The summed E-state index contributed by atoms with van der Waals surface area (Å²) in [5.41, 5.74) is 2.62. The van der Waals surface area contributed by atoms with Crippen LogP contribution in [0.25, 0.3) is 11.5 Å². The van der Waals surface area contributed by atoms with Crippen LogP contribution in [0.1, 0.15) is 24.2 Å². The van der Waals surface area contributed by atoms with Crippen LogP contribution in [0, 0.1) is 0 Å². The van der Waals surface area contributed by atoms with Crippen LogP contribution in [0.4, 0.5) is 5.69 Å². The number of carbonyl (C=O) groups excluding carboxylic acids is 1. The zero-order valence-electron chi connectivity index (χ0n) is 15.2. The number of nitrogens with zero attached hydrogens (tertiary/aromatic N) is 3. The summed E-state index contributed by atoms with van der Waals surface area (Å²) in [6, 6.07) is 14.8. The first-order valence-corrected chi connectivity index (χ1v) is 10.1. The van der Waals surface area contributed by atoms with Crippen molar-refractivity contribution in [3.05, 3.63) is 59.1 Å². The molecular formula is C20H20ClN3O2S. The quantitative estimate of drug-likeness (QED) is 0.381. The van der Waals surface area contributed by atoms with Crippen LogP contribution in [-0.2, 0) is 0 Å². The topological polar surface area (TPSA) is 59.2 Å². The number of rotatable bonds is 8. The Morgan fingerprint density at radius 3 is 2.33 bits per heavy atom. The molecule has 0 fully saturated rings. The van der Waals surface area contributed by atoms with Crippen LogP contribution in [0.2, 0.25) is 5.02 Å². The average Bonchev–Trinajstić information content (AvgIpc) is 3.17. The van der Waals surface area contributed by atoms with Crippen molar-refractivity contribution >= 4 is 34.8 Å². The highest BCUT2D eigenvalue weighted by molar-refractivity contribution is 7.99. The van der Waals surface area contributed by atoms with Gasteiger partial charge >= 0.3 is 0 Å². The maximum atomic E-state index is 12.2. The molecule has 0 amide bonds. The Balaban J connectivity index is 1.62. The third-order valence-electron chi connectivity index (χ3n) is 4.14. The lowest BCUT2D eigenvalue weighted by Gasteiger charge is -2.20. The van der Waals surface area contributed by atoms with Gasteiger partial charge in [0.15, 0.2) is 5.78 Å². The van der Waals surface area contributed by atoms with Crippen LogP contribution in [0.15, 0.2) is 58.2 Å². The first-order valence-electron chi connectivity index (χ1n) is 8.71. The molecule has 0 saturated carbocycles. The molecule has 140 valence electrons. The molecule has 0 aliphatic carbocycles. The molecular weight excluding hydrogens is 382 g/mol. The minimum Gasteiger partial charge on any atom is -0.411 e. The molecule has 0 radical (unpaired) electrons. The first kappa shape index (κ1) is 19.5. The zero-order valence-corrected chi connectivity index (χ0v) is 16.8. The Hall–Kier alpha value is -2.31. The summed E-state index contributed by atoms with van der Waals surface area (Å²) in [7, 11) is 0. The molecule has 7 heteroatoms. The molecule has 1 aromatic heterocycles. The molecule has 2 aromatic carbocycles. The number of aromatic nitrogens is 2. The van der Waals surface area contributed by atoms with Crippen molar-refractivity contribution in [2.45, 2.75) is 19.1 Å². The van der Waals surface area contributed by atoms with Crippen LogP contribution >= 0.6 is 23.4 Å². The molecule has 3 rings (SSSR count). The van der Waals surface area contributed by atoms with Crippen molar-refractivity contribution in [1.82, 2.24) is 10.2 Å². The minimum absolute atomic E-state index is 0.0139. The van der Waals surface area contributed by atoms with Crippen molar-refractivity contribution in [3.8, 4) is 11.5 Å². The van der Waals surface area contributed by atoms with Crippen LogP contribution in [0.5, 0.6) is 0 Å². The molecule has 0 spiro atoms. The summed E-state index contributed by atoms with van der Waals surface area (Å²) in [4.78, 5) is 14.5. The van der Waals surface area contributed by atoms with E-state index in [2.05, 4.69) is 28.9 Å². The Bertz CT molecular complexity index is 890. The lowest BCUT2D eigenvalue weighted by atomic mass is 10.1. The number of carbonyl (C=O) groups is 1. The number of Topliss-reactive ketones (excluding diaryl/α,β-unsaturated/α-hetero) is 1. The van der Waals surface area contributed by atoms with E-state index in [0.29, 0.717) is 21.7 Å². The SMILES string of the molecule is CCN(CC)c1ccc(-c2nnc(SCC(=O)c3ccc(Cl)cc3)o2)cc1. The van der Waals surface area contributed by atoms with Gasteiger partial charge in [0, 0.05) is 34.9 Å². The third kappa shape index (κ3) is 4.90. The van der Waals surface area contributed by atoms with Gasteiger partial charge in [0.1, 0.15) is 0 Å². The Morgan fingerprint density at radius 1 is 1.04 bits per heavy atom. The number of hydrogen-bond acceptors (Lipinski definition) is 6. The highest BCUT2D eigenvalue weighted by atomic mass is 35.5. The van der Waals surface area contributed by atoms with Gasteiger partial charge in [-0.2, -0.15) is 0 Å². The van der Waals surface area contributed by atoms with Crippen LogP contribution < -0.4 is 4.90 Å². The standard InChI is InChI=1S/C20H20ClN3O2S/c1-3-24(4-2)17-11-7-15(8-12-17)19-22-23-20(26-19)27-13-18(25)14-5-9-16(21)10-6-14/h5-12H,3-4,13H2,1-2H3. The minimum atomic E-state index is -0.0139. The number of halogens is 1. The molecule has 5 nitrogen and oxygen atoms in total. The van der Waals surface area contributed by atoms with Gasteiger partial charge in [0.05, 0.1) is 5.75 Å². The van der Waals surface area contributed by atoms with E-state index in [0.717, 1.165) is 24.3 Å². The third-order valence-corrected chi connectivity index (χ3v) is 5.21. The molecule has 0 saturated heterocycles. The van der Waals surface area contributed by atoms with Crippen molar-refractivity contribution in [1.29, 1.82) is 0 Å². The lowest BCUT2D eigenvalue weighted by Crippen LogP contribution is -2.21. The summed E-state index contributed by atoms with van der Waals surface area (Å²) in [5.74, 6) is 0.659. The van der Waals surface area contributed by atoms with Gasteiger partial charge in [-0.15, -0.1) is 10.2 Å². The number of thioether (sulfide) groups is 1. The Labute approximate surface area is 167 Å². The molecule has 1 heterocycles. The van der Waals surface area contributed by atoms with Gasteiger partial charge in [-0.05, 0) is 62.4 Å². The van der Waals surface area contributed by atoms with Crippen molar-refractivity contribution in [2.24, 2.45) is 0 Å². The van der Waals surface area contributed by atoms with Gasteiger partial charge in [-0.25, -0.2) is 0 Å². The van der Waals surface area contributed by atoms with E-state index < -0.39 is 0 Å². The zero-order chi connectivity index (χ0) is 19.2. The van der Waals surface area contributed by atoms with Crippen molar-refractivity contribution in [2.75, 3.05) is 23.7 Å². The van der Waals surface area contributed by atoms with E-state index >= 15 is 0 Å². The van der Waals surface area contributed by atoms with Gasteiger partial charge < -0.3 is 9.32 Å². The van der Waals surface area contributed by atoms with Gasteiger partial charge in [-0.1, -0.05) is 23.4 Å². The first-order chi connectivity index (χ1) is 13.1. The number of benzene rings is 2. The smallest absolute Gasteiger partial charge is 0.277 e. The maximum Gasteiger partial charge on any atom is 0.277 e. The number of ketones is 1. The fraction of sp³-hybridized carbons (Fsp3) is 0.250. The highest BCUT2D eigenvalue weighted by Crippen LogP contribution is 2.26. The maximum absolute atomic E-state index is 12.2. The second-order valence-corrected chi connectivity index (χ2v) is 7.17. The monoisotopic (exact) mass is 401 g/mol. The summed E-state index contributed by atoms with van der Waals surface area (Å²) >= 11 is 7.07. The average molecular weight is 402 g/mol. The van der Waals surface area contributed by atoms with Gasteiger partial charge in [0.2, 0.25) is 5.89 Å².